The van der Waals surface area contributed by atoms with Gasteiger partial charge in [0.15, 0.2) is 5.82 Å². The molecule has 0 bridgehead atoms. The molecule has 0 aliphatic carbocycles. The van der Waals surface area contributed by atoms with Crippen molar-refractivity contribution in [2.45, 2.75) is 6.92 Å². The largest absolute Gasteiger partial charge is 0.496 e. The van der Waals surface area contributed by atoms with Crippen LogP contribution in [0.4, 0.5) is 0 Å². The van der Waals surface area contributed by atoms with Crippen molar-refractivity contribution in [2.75, 3.05) is 7.11 Å². The van der Waals surface area contributed by atoms with Crippen LogP contribution in [0.2, 0.25) is 0 Å². The summed E-state index contributed by atoms with van der Waals surface area (Å²) in [4.78, 5) is 28.9. The van der Waals surface area contributed by atoms with Gasteiger partial charge in [0.05, 0.1) is 17.2 Å². The van der Waals surface area contributed by atoms with Gasteiger partial charge < -0.3 is 9.47 Å². The third kappa shape index (κ3) is 3.85. The second-order valence-electron chi connectivity index (χ2n) is 6.26. The Morgan fingerprint density at radius 2 is 1.83 bits per heavy atom. The number of hydrogen-bond acceptors (Lipinski definition) is 7. The Hall–Kier alpha value is -3.78. The minimum absolute atomic E-state index is 0.261. The lowest BCUT2D eigenvalue weighted by atomic mass is 10.2. The van der Waals surface area contributed by atoms with Crippen LogP contribution in [0.5, 0.6) is 11.5 Å². The highest BCUT2D eigenvalue weighted by Crippen LogP contribution is 2.27. The molecule has 0 unspecified atom stereocenters. The van der Waals surface area contributed by atoms with Crippen molar-refractivity contribution < 1.29 is 14.3 Å². The van der Waals surface area contributed by atoms with Crippen LogP contribution in [0.3, 0.4) is 0 Å². The van der Waals surface area contributed by atoms with Crippen molar-refractivity contribution in [1.29, 1.82) is 0 Å². The molecule has 2 heterocycles. The molecule has 4 aromatic rings. The number of carbonyl (C=O) groups excluding carboxylic acids is 1. The maximum atomic E-state index is 12.7. The van der Waals surface area contributed by atoms with E-state index in [-0.39, 0.29) is 5.56 Å². The summed E-state index contributed by atoms with van der Waals surface area (Å²) in [5, 5.41) is 4.31. The van der Waals surface area contributed by atoms with E-state index in [2.05, 4.69) is 10.1 Å². The normalized spacial score (nSPS) is 12.0. The zero-order valence-electron chi connectivity index (χ0n) is 16.2. The standard InChI is InChI=1S/C22H17N3O4S/c1-14(26)29-18-12-6-4-10-16(18)20-23-22-25(24-20)21(27)19(30-22)13-7-9-15-8-3-5-11-17(15)28-2/h3-13H,1-2H3/b9-7-,19-13-. The minimum Gasteiger partial charge on any atom is -0.496 e. The Kier molecular flexibility index (Phi) is 5.40. The number of carbonyl (C=O) groups is 1. The number of fused-ring (bicyclic) bond motifs is 1. The van der Waals surface area contributed by atoms with Crippen molar-refractivity contribution in [2.24, 2.45) is 0 Å². The third-order valence-electron chi connectivity index (χ3n) is 4.23. The first-order valence-corrected chi connectivity index (χ1v) is 9.87. The second-order valence-corrected chi connectivity index (χ2v) is 7.27. The predicted octanol–water partition coefficient (Wildman–Crippen LogP) is 2.96. The van der Waals surface area contributed by atoms with Gasteiger partial charge in [-0.2, -0.15) is 9.50 Å². The molecule has 7 nitrogen and oxygen atoms in total. The van der Waals surface area contributed by atoms with Gasteiger partial charge in [0.2, 0.25) is 4.96 Å². The van der Waals surface area contributed by atoms with Gasteiger partial charge in [0.25, 0.3) is 5.56 Å². The fraction of sp³-hybridized carbons (Fsp3) is 0.0909. The van der Waals surface area contributed by atoms with Crippen LogP contribution in [0.15, 0.2) is 59.4 Å². The van der Waals surface area contributed by atoms with Crippen molar-refractivity contribution in [1.82, 2.24) is 14.6 Å². The van der Waals surface area contributed by atoms with E-state index < -0.39 is 5.97 Å². The molecule has 2 aromatic carbocycles. The fourth-order valence-corrected chi connectivity index (χ4v) is 3.76. The maximum Gasteiger partial charge on any atom is 0.308 e. The molecule has 30 heavy (non-hydrogen) atoms. The summed E-state index contributed by atoms with van der Waals surface area (Å²) >= 11 is 1.24. The summed E-state index contributed by atoms with van der Waals surface area (Å²) in [6.45, 7) is 1.33. The van der Waals surface area contributed by atoms with Gasteiger partial charge >= 0.3 is 5.97 Å². The van der Waals surface area contributed by atoms with Crippen LogP contribution >= 0.6 is 11.3 Å². The Labute approximate surface area is 175 Å². The quantitative estimate of drug-likeness (QED) is 0.365. The summed E-state index contributed by atoms with van der Waals surface area (Å²) < 4.78 is 12.3. The molecule has 0 N–H and O–H groups in total. The van der Waals surface area contributed by atoms with Gasteiger partial charge in [0.1, 0.15) is 11.5 Å². The van der Waals surface area contributed by atoms with Crippen molar-refractivity contribution in [3.05, 3.63) is 75.1 Å². The molecule has 0 saturated heterocycles. The third-order valence-corrected chi connectivity index (χ3v) is 5.20. The topological polar surface area (TPSA) is 82.8 Å². The molecule has 0 amide bonds. The highest BCUT2D eigenvalue weighted by atomic mass is 32.1. The smallest absolute Gasteiger partial charge is 0.308 e. The number of aromatic nitrogens is 3. The predicted molar refractivity (Wildman–Crippen MR) is 116 cm³/mol. The van der Waals surface area contributed by atoms with Crippen LogP contribution in [-0.4, -0.2) is 27.7 Å². The summed E-state index contributed by atoms with van der Waals surface area (Å²) in [6, 6.07) is 14.6. The average molecular weight is 419 g/mol. The highest BCUT2D eigenvalue weighted by Gasteiger charge is 2.15. The highest BCUT2D eigenvalue weighted by molar-refractivity contribution is 7.15. The number of para-hydroxylation sites is 2. The molecule has 0 spiro atoms. The van der Waals surface area contributed by atoms with Crippen molar-refractivity contribution >= 4 is 34.4 Å². The van der Waals surface area contributed by atoms with E-state index >= 15 is 0 Å². The molecular weight excluding hydrogens is 402 g/mol. The molecule has 2 aromatic heterocycles. The fourth-order valence-electron chi connectivity index (χ4n) is 2.90. The van der Waals surface area contributed by atoms with Crippen molar-refractivity contribution in [3.63, 3.8) is 0 Å². The molecule has 0 atom stereocenters. The van der Waals surface area contributed by atoms with E-state index in [0.717, 1.165) is 11.3 Å². The number of esters is 1. The lowest BCUT2D eigenvalue weighted by Crippen LogP contribution is -2.23. The Morgan fingerprint density at radius 3 is 2.57 bits per heavy atom. The average Bonchev–Trinajstić information content (AvgIpc) is 3.28. The summed E-state index contributed by atoms with van der Waals surface area (Å²) in [7, 11) is 1.61. The number of methoxy groups -OCH3 is 1. The first-order chi connectivity index (χ1) is 14.6. The van der Waals surface area contributed by atoms with E-state index in [0.29, 0.717) is 26.6 Å². The van der Waals surface area contributed by atoms with Crippen LogP contribution in [-0.2, 0) is 4.79 Å². The summed E-state index contributed by atoms with van der Waals surface area (Å²) in [5.74, 6) is 0.989. The number of thiazole rings is 1. The molecule has 4 rings (SSSR count). The van der Waals surface area contributed by atoms with Gasteiger partial charge in [-0.25, -0.2) is 0 Å². The molecule has 0 aliphatic heterocycles. The first-order valence-electron chi connectivity index (χ1n) is 9.05. The summed E-state index contributed by atoms with van der Waals surface area (Å²) in [6.07, 6.45) is 5.39. The molecule has 0 saturated carbocycles. The van der Waals surface area contributed by atoms with Gasteiger partial charge in [-0.15, -0.1) is 5.10 Å². The molecule has 150 valence electrons. The Balaban J connectivity index is 1.68. The number of ether oxygens (including phenoxy) is 2. The second kappa shape index (κ2) is 8.30. The molecule has 0 fully saturated rings. The van der Waals surface area contributed by atoms with Gasteiger partial charge in [-0.1, -0.05) is 53.8 Å². The van der Waals surface area contributed by atoms with Crippen LogP contribution in [0, 0.1) is 0 Å². The number of allylic oxidation sites excluding steroid dienone is 1. The van der Waals surface area contributed by atoms with Crippen molar-refractivity contribution in [3.8, 4) is 22.9 Å². The number of rotatable bonds is 5. The minimum atomic E-state index is -0.438. The number of hydrogen-bond donors (Lipinski definition) is 0. The monoisotopic (exact) mass is 419 g/mol. The number of nitrogens with zero attached hydrogens (tertiary/aromatic N) is 3. The SMILES string of the molecule is COc1ccccc1/C=C\C=c1/sc2nc(-c3ccccc3OC(C)=O)nn2c1=O. The molecule has 0 radical (unpaired) electrons. The van der Waals surface area contributed by atoms with Gasteiger partial charge in [-0.05, 0) is 24.3 Å². The lowest BCUT2D eigenvalue weighted by molar-refractivity contribution is -0.131. The molecule has 0 aliphatic rings. The van der Waals surface area contributed by atoms with E-state index in [4.69, 9.17) is 9.47 Å². The zero-order valence-corrected chi connectivity index (χ0v) is 17.1. The van der Waals surface area contributed by atoms with Crippen LogP contribution in [0.25, 0.3) is 28.5 Å². The van der Waals surface area contributed by atoms with Crippen LogP contribution in [0.1, 0.15) is 12.5 Å². The zero-order chi connectivity index (χ0) is 21.1. The number of benzene rings is 2. The van der Waals surface area contributed by atoms with Gasteiger partial charge in [0, 0.05) is 12.5 Å². The lowest BCUT2D eigenvalue weighted by Gasteiger charge is -2.04. The van der Waals surface area contributed by atoms with Crippen LogP contribution < -0.4 is 19.6 Å². The van der Waals surface area contributed by atoms with Gasteiger partial charge in [-0.3, -0.25) is 9.59 Å². The molecular formula is C22H17N3O4S. The summed E-state index contributed by atoms with van der Waals surface area (Å²) in [5.41, 5.74) is 1.19. The Morgan fingerprint density at radius 1 is 1.10 bits per heavy atom. The molecule has 8 heteroatoms. The van der Waals surface area contributed by atoms with E-state index in [1.54, 1.807) is 43.5 Å². The first kappa shape index (κ1) is 19.5. The van der Waals surface area contributed by atoms with E-state index in [1.807, 2.05) is 30.3 Å². The Bertz CT molecular complexity index is 1370. The van der Waals surface area contributed by atoms with E-state index in [9.17, 15) is 9.59 Å². The maximum absolute atomic E-state index is 12.7. The van der Waals surface area contributed by atoms with E-state index in [1.165, 1.54) is 22.8 Å².